The molecule has 0 atom stereocenters. The lowest BCUT2D eigenvalue weighted by atomic mass is 10.2. The van der Waals surface area contributed by atoms with Gasteiger partial charge in [-0.05, 0) is 5.56 Å². The molecular weight excluding hydrogens is 284 g/mol. The van der Waals surface area contributed by atoms with Crippen LogP contribution in [0.4, 0.5) is 0 Å². The van der Waals surface area contributed by atoms with Crippen LogP contribution in [0.15, 0.2) is 35.5 Å². The van der Waals surface area contributed by atoms with Crippen molar-refractivity contribution in [3.05, 3.63) is 41.7 Å². The third-order valence-corrected chi connectivity index (χ3v) is 3.87. The predicted molar refractivity (Wildman–Crippen MR) is 84.1 cm³/mol. The Morgan fingerprint density at radius 1 is 1.33 bits per heavy atom. The predicted octanol–water partition coefficient (Wildman–Crippen LogP) is 2.68. The molecule has 1 amide bonds. The zero-order chi connectivity index (χ0) is 15.2. The second kappa shape index (κ2) is 7.26. The number of nitrogens with zero attached hydrogens (tertiary/aromatic N) is 3. The van der Waals surface area contributed by atoms with Gasteiger partial charge >= 0.3 is 0 Å². The maximum atomic E-state index is 12.1. The largest absolute Gasteiger partial charge is 0.341 e. The molecule has 0 aliphatic rings. The summed E-state index contributed by atoms with van der Waals surface area (Å²) in [6, 6.07) is 9.95. The van der Waals surface area contributed by atoms with Crippen molar-refractivity contribution in [3.63, 3.8) is 0 Å². The first-order chi connectivity index (χ1) is 10.1. The van der Waals surface area contributed by atoms with Crippen LogP contribution in [0.5, 0.6) is 0 Å². The molecule has 0 aliphatic heterocycles. The van der Waals surface area contributed by atoms with Gasteiger partial charge in [0.2, 0.25) is 11.1 Å². The van der Waals surface area contributed by atoms with Gasteiger partial charge in [-0.1, -0.05) is 55.9 Å². The van der Waals surface area contributed by atoms with Crippen molar-refractivity contribution in [1.29, 1.82) is 0 Å². The molecule has 112 valence electrons. The average molecular weight is 304 g/mol. The number of amides is 1. The van der Waals surface area contributed by atoms with Crippen molar-refractivity contribution >= 4 is 17.7 Å². The number of benzene rings is 1. The van der Waals surface area contributed by atoms with Crippen LogP contribution in [0.25, 0.3) is 0 Å². The summed E-state index contributed by atoms with van der Waals surface area (Å²) in [6.07, 6.45) is 0. The van der Waals surface area contributed by atoms with Gasteiger partial charge in [-0.15, -0.1) is 5.10 Å². The SMILES string of the molecule is CC(C)c1nc(SCC(=O)N(C)Cc2ccccc2)n[nH]1. The summed E-state index contributed by atoms with van der Waals surface area (Å²) in [7, 11) is 1.81. The van der Waals surface area contributed by atoms with Crippen molar-refractivity contribution in [3.8, 4) is 0 Å². The minimum Gasteiger partial charge on any atom is -0.341 e. The molecule has 1 N–H and O–H groups in total. The second-order valence-electron chi connectivity index (χ2n) is 5.18. The Hall–Kier alpha value is -1.82. The highest BCUT2D eigenvalue weighted by atomic mass is 32.2. The Bertz CT molecular complexity index is 582. The lowest BCUT2D eigenvalue weighted by Crippen LogP contribution is -2.27. The van der Waals surface area contributed by atoms with Gasteiger partial charge < -0.3 is 4.90 Å². The number of hydrogen-bond donors (Lipinski definition) is 1. The maximum absolute atomic E-state index is 12.1. The molecule has 1 aromatic carbocycles. The maximum Gasteiger partial charge on any atom is 0.233 e. The van der Waals surface area contributed by atoms with E-state index in [9.17, 15) is 4.79 Å². The molecule has 1 aromatic heterocycles. The van der Waals surface area contributed by atoms with Crippen molar-refractivity contribution in [2.45, 2.75) is 31.5 Å². The zero-order valence-electron chi connectivity index (χ0n) is 12.5. The molecule has 1 heterocycles. The van der Waals surface area contributed by atoms with E-state index in [1.54, 1.807) is 4.90 Å². The number of carbonyl (C=O) groups excluding carboxylic acids is 1. The molecule has 0 saturated carbocycles. The number of hydrogen-bond acceptors (Lipinski definition) is 4. The fourth-order valence-corrected chi connectivity index (χ4v) is 2.51. The van der Waals surface area contributed by atoms with Gasteiger partial charge in [0, 0.05) is 19.5 Å². The number of thioether (sulfide) groups is 1. The van der Waals surface area contributed by atoms with Crippen LogP contribution in [-0.2, 0) is 11.3 Å². The highest BCUT2D eigenvalue weighted by Gasteiger charge is 2.12. The summed E-state index contributed by atoms with van der Waals surface area (Å²) in [5.41, 5.74) is 1.12. The van der Waals surface area contributed by atoms with Gasteiger partial charge in [0.05, 0.1) is 5.75 Å². The van der Waals surface area contributed by atoms with Crippen LogP contribution in [-0.4, -0.2) is 38.8 Å². The van der Waals surface area contributed by atoms with E-state index < -0.39 is 0 Å². The van der Waals surface area contributed by atoms with E-state index in [1.807, 2.05) is 51.2 Å². The number of H-pyrrole nitrogens is 1. The van der Waals surface area contributed by atoms with Crippen molar-refractivity contribution in [2.24, 2.45) is 0 Å². The third kappa shape index (κ3) is 4.60. The molecule has 5 nitrogen and oxygen atoms in total. The van der Waals surface area contributed by atoms with Crippen LogP contribution in [0.1, 0.15) is 31.2 Å². The first-order valence-corrected chi connectivity index (χ1v) is 7.88. The topological polar surface area (TPSA) is 61.9 Å². The standard InChI is InChI=1S/C15H20N4OS/c1-11(2)14-16-15(18-17-14)21-10-13(20)19(3)9-12-7-5-4-6-8-12/h4-8,11H,9-10H2,1-3H3,(H,16,17,18). The smallest absolute Gasteiger partial charge is 0.233 e. The monoisotopic (exact) mass is 304 g/mol. The van der Waals surface area contributed by atoms with E-state index >= 15 is 0 Å². The Morgan fingerprint density at radius 2 is 2.05 bits per heavy atom. The molecule has 0 saturated heterocycles. The second-order valence-corrected chi connectivity index (χ2v) is 6.12. The van der Waals surface area contributed by atoms with Crippen LogP contribution in [0, 0.1) is 0 Å². The summed E-state index contributed by atoms with van der Waals surface area (Å²) in [4.78, 5) is 18.2. The van der Waals surface area contributed by atoms with Crippen molar-refractivity contribution in [1.82, 2.24) is 20.1 Å². The number of carbonyl (C=O) groups is 1. The van der Waals surface area contributed by atoms with E-state index in [4.69, 9.17) is 0 Å². The Morgan fingerprint density at radius 3 is 2.67 bits per heavy atom. The summed E-state index contributed by atoms with van der Waals surface area (Å²) in [5, 5.41) is 7.63. The summed E-state index contributed by atoms with van der Waals surface area (Å²) in [5.74, 6) is 1.57. The van der Waals surface area contributed by atoms with E-state index in [2.05, 4.69) is 15.2 Å². The van der Waals surface area contributed by atoms with E-state index in [0.29, 0.717) is 23.4 Å². The molecule has 0 unspecified atom stereocenters. The van der Waals surface area contributed by atoms with Crippen molar-refractivity contribution < 1.29 is 4.79 Å². The van der Waals surface area contributed by atoms with Crippen LogP contribution in [0.2, 0.25) is 0 Å². The number of aromatic nitrogens is 3. The number of aromatic amines is 1. The van der Waals surface area contributed by atoms with Gasteiger partial charge in [0.1, 0.15) is 5.82 Å². The summed E-state index contributed by atoms with van der Waals surface area (Å²) >= 11 is 1.36. The Kier molecular flexibility index (Phi) is 5.38. The van der Waals surface area contributed by atoms with Gasteiger partial charge in [-0.2, -0.15) is 0 Å². The number of nitrogens with one attached hydrogen (secondary N) is 1. The van der Waals surface area contributed by atoms with Crippen molar-refractivity contribution in [2.75, 3.05) is 12.8 Å². The minimum atomic E-state index is 0.0692. The molecule has 2 aromatic rings. The van der Waals surface area contributed by atoms with Gasteiger partial charge in [-0.25, -0.2) is 4.98 Å². The quantitative estimate of drug-likeness (QED) is 0.834. The van der Waals surface area contributed by atoms with Crippen LogP contribution >= 0.6 is 11.8 Å². The fraction of sp³-hybridized carbons (Fsp3) is 0.400. The van der Waals surface area contributed by atoms with Gasteiger partial charge in [0.15, 0.2) is 0 Å². The lowest BCUT2D eigenvalue weighted by Gasteiger charge is -2.16. The zero-order valence-corrected chi connectivity index (χ0v) is 13.4. The highest BCUT2D eigenvalue weighted by Crippen LogP contribution is 2.16. The third-order valence-electron chi connectivity index (χ3n) is 3.04. The summed E-state index contributed by atoms with van der Waals surface area (Å²) in [6.45, 7) is 4.72. The van der Waals surface area contributed by atoms with Crippen LogP contribution in [0.3, 0.4) is 0 Å². The van der Waals surface area contributed by atoms with E-state index in [-0.39, 0.29) is 5.91 Å². The molecule has 6 heteroatoms. The Labute approximate surface area is 129 Å². The molecule has 0 bridgehead atoms. The fourth-order valence-electron chi connectivity index (χ4n) is 1.76. The molecule has 0 fully saturated rings. The molecule has 21 heavy (non-hydrogen) atoms. The number of rotatable bonds is 6. The molecule has 0 aliphatic carbocycles. The molecule has 0 spiro atoms. The molecule has 0 radical (unpaired) electrons. The minimum absolute atomic E-state index is 0.0692. The summed E-state index contributed by atoms with van der Waals surface area (Å²) < 4.78 is 0. The first kappa shape index (κ1) is 15.6. The van der Waals surface area contributed by atoms with E-state index in [1.165, 1.54) is 11.8 Å². The normalized spacial score (nSPS) is 10.9. The lowest BCUT2D eigenvalue weighted by molar-refractivity contribution is -0.127. The molecule has 2 rings (SSSR count). The first-order valence-electron chi connectivity index (χ1n) is 6.89. The Balaban J connectivity index is 1.83. The van der Waals surface area contributed by atoms with E-state index in [0.717, 1.165) is 11.4 Å². The molecular formula is C15H20N4OS. The van der Waals surface area contributed by atoms with Gasteiger partial charge in [0.25, 0.3) is 0 Å². The van der Waals surface area contributed by atoms with Gasteiger partial charge in [-0.3, -0.25) is 9.89 Å². The highest BCUT2D eigenvalue weighted by molar-refractivity contribution is 7.99. The average Bonchev–Trinajstić information content (AvgIpc) is 2.95. The van der Waals surface area contributed by atoms with Crippen LogP contribution < -0.4 is 0 Å².